The van der Waals surface area contributed by atoms with Crippen molar-refractivity contribution >= 4 is 12.1 Å². The molecule has 0 aliphatic heterocycles. The second kappa shape index (κ2) is 7.42. The normalized spacial score (nSPS) is 9.00. The monoisotopic (exact) mass is 276 g/mol. The second-order valence-corrected chi connectivity index (χ2v) is 3.50. The molecule has 0 radical (unpaired) electrons. The first kappa shape index (κ1) is 15.0. The average Bonchev–Trinajstić information content (AvgIpc) is 2.39. The van der Waals surface area contributed by atoms with Gasteiger partial charge in [-0.2, -0.15) is 0 Å². The van der Waals surface area contributed by atoms with Gasteiger partial charge in [-0.15, -0.1) is 0 Å². The Labute approximate surface area is 114 Å². The summed E-state index contributed by atoms with van der Waals surface area (Å²) in [5.74, 6) is -0.0241. The third kappa shape index (κ3) is 5.09. The van der Waals surface area contributed by atoms with Crippen LogP contribution in [0.25, 0.3) is 0 Å². The summed E-state index contributed by atoms with van der Waals surface area (Å²) < 4.78 is 5.49. The topological polar surface area (TPSA) is 104 Å². The number of hydrogen-bond donors (Lipinski definition) is 3. The molecule has 0 spiro atoms. The highest BCUT2D eigenvalue weighted by Gasteiger charge is 2.10. The van der Waals surface area contributed by atoms with Crippen LogP contribution in [0.2, 0.25) is 0 Å². The Bertz CT molecular complexity index is 575. The van der Waals surface area contributed by atoms with E-state index < -0.39 is 12.1 Å². The molecule has 3 N–H and O–H groups in total. The van der Waals surface area contributed by atoms with Crippen LogP contribution < -0.4 is 4.74 Å². The summed E-state index contributed by atoms with van der Waals surface area (Å²) in [6.45, 7) is 0. The number of rotatable bonds is 3. The summed E-state index contributed by atoms with van der Waals surface area (Å²) in [6.07, 6.45) is -1.83. The number of carboxylic acids is 1. The van der Waals surface area contributed by atoms with Crippen molar-refractivity contribution in [3.63, 3.8) is 0 Å². The van der Waals surface area contributed by atoms with Crippen LogP contribution in [0, 0.1) is 0 Å². The van der Waals surface area contributed by atoms with E-state index >= 15 is 0 Å². The van der Waals surface area contributed by atoms with Crippen molar-refractivity contribution in [3.05, 3.63) is 60.2 Å². The van der Waals surface area contributed by atoms with Gasteiger partial charge >= 0.3 is 12.1 Å². The highest BCUT2D eigenvalue weighted by atomic mass is 16.6. The number of hydrogen-bond acceptors (Lipinski definition) is 3. The molecule has 0 fully saturated rings. The molecular formula is C14H12O6. The quantitative estimate of drug-likeness (QED) is 0.793. The Kier molecular flexibility index (Phi) is 5.58. The predicted molar refractivity (Wildman–Crippen MR) is 70.6 cm³/mol. The number of aromatic carboxylic acids is 1. The summed E-state index contributed by atoms with van der Waals surface area (Å²) >= 11 is 0. The lowest BCUT2D eigenvalue weighted by Crippen LogP contribution is -1.99. The molecule has 0 amide bonds. The largest absolute Gasteiger partial charge is 0.503 e. The summed E-state index contributed by atoms with van der Waals surface area (Å²) in [6, 6.07) is 15.6. The zero-order valence-electron chi connectivity index (χ0n) is 10.3. The predicted octanol–water partition coefficient (Wildman–Crippen LogP) is 3.40. The van der Waals surface area contributed by atoms with E-state index in [0.717, 1.165) is 0 Å². The third-order valence-electron chi connectivity index (χ3n) is 2.09. The molecule has 6 heteroatoms. The molecule has 0 aliphatic rings. The third-order valence-corrected chi connectivity index (χ3v) is 2.09. The maximum atomic E-state index is 10.9. The fraction of sp³-hybridized carbons (Fsp3) is 0. The Hall–Kier alpha value is -3.02. The molecule has 0 bridgehead atoms. The van der Waals surface area contributed by atoms with Crippen molar-refractivity contribution in [1.82, 2.24) is 0 Å². The van der Waals surface area contributed by atoms with E-state index in [1.54, 1.807) is 30.3 Å². The molecule has 2 rings (SSSR count). The molecular weight excluding hydrogens is 264 g/mol. The van der Waals surface area contributed by atoms with Gasteiger partial charge in [-0.05, 0) is 24.3 Å². The smallest absolute Gasteiger partial charge is 0.478 e. The van der Waals surface area contributed by atoms with Crippen LogP contribution in [0.1, 0.15) is 10.4 Å². The van der Waals surface area contributed by atoms with E-state index in [1.165, 1.54) is 6.07 Å². The molecule has 2 aromatic carbocycles. The van der Waals surface area contributed by atoms with Crippen LogP contribution in [0.15, 0.2) is 54.6 Å². The standard InChI is InChI=1S/C13H10O3.CH2O3/c14-13(15)11-8-4-5-9-12(11)16-10-6-2-1-3-7-10;2-1(3)4/h1-9H,(H,14,15);(H2,2,3,4). The highest BCUT2D eigenvalue weighted by Crippen LogP contribution is 2.24. The van der Waals surface area contributed by atoms with Crippen LogP contribution in [0.4, 0.5) is 4.79 Å². The van der Waals surface area contributed by atoms with Crippen molar-refractivity contribution in [2.75, 3.05) is 0 Å². The zero-order valence-corrected chi connectivity index (χ0v) is 10.3. The summed E-state index contributed by atoms with van der Waals surface area (Å²) in [5.41, 5.74) is 0.159. The van der Waals surface area contributed by atoms with E-state index in [-0.39, 0.29) is 5.56 Å². The van der Waals surface area contributed by atoms with Gasteiger partial charge in [0.1, 0.15) is 17.1 Å². The number of carboxylic acid groups (broad SMARTS) is 3. The van der Waals surface area contributed by atoms with Crippen LogP contribution in [-0.4, -0.2) is 27.4 Å². The molecule has 20 heavy (non-hydrogen) atoms. The molecule has 0 heterocycles. The first-order chi connectivity index (χ1) is 9.50. The van der Waals surface area contributed by atoms with Crippen molar-refractivity contribution in [2.45, 2.75) is 0 Å². The van der Waals surface area contributed by atoms with Crippen LogP contribution in [-0.2, 0) is 0 Å². The lowest BCUT2D eigenvalue weighted by Gasteiger charge is -2.07. The summed E-state index contributed by atoms with van der Waals surface area (Å²) in [7, 11) is 0. The first-order valence-electron chi connectivity index (χ1n) is 5.48. The van der Waals surface area contributed by atoms with Crippen molar-refractivity contribution in [2.24, 2.45) is 0 Å². The van der Waals surface area contributed by atoms with E-state index in [9.17, 15) is 4.79 Å². The summed E-state index contributed by atoms with van der Waals surface area (Å²) in [5, 5.41) is 22.9. The van der Waals surface area contributed by atoms with Gasteiger partial charge in [0.2, 0.25) is 0 Å². The van der Waals surface area contributed by atoms with Crippen molar-refractivity contribution in [1.29, 1.82) is 0 Å². The number of benzene rings is 2. The van der Waals surface area contributed by atoms with Gasteiger partial charge in [0.25, 0.3) is 0 Å². The van der Waals surface area contributed by atoms with Gasteiger partial charge in [-0.1, -0.05) is 30.3 Å². The van der Waals surface area contributed by atoms with Gasteiger partial charge in [0, 0.05) is 0 Å². The van der Waals surface area contributed by atoms with E-state index in [1.807, 2.05) is 18.2 Å². The maximum Gasteiger partial charge on any atom is 0.503 e. The second-order valence-electron chi connectivity index (χ2n) is 3.50. The Morgan fingerprint density at radius 1 is 0.800 bits per heavy atom. The minimum atomic E-state index is -1.83. The van der Waals surface area contributed by atoms with Crippen LogP contribution in [0.5, 0.6) is 11.5 Å². The molecule has 0 unspecified atom stereocenters. The van der Waals surface area contributed by atoms with Crippen LogP contribution in [0.3, 0.4) is 0 Å². The molecule has 0 saturated carbocycles. The van der Waals surface area contributed by atoms with Gasteiger partial charge in [0.05, 0.1) is 0 Å². The average molecular weight is 276 g/mol. The maximum absolute atomic E-state index is 10.9. The van der Waals surface area contributed by atoms with Gasteiger partial charge in [-0.3, -0.25) is 0 Å². The minimum Gasteiger partial charge on any atom is -0.478 e. The Balaban J connectivity index is 0.000000444. The molecule has 0 aromatic heterocycles. The van der Waals surface area contributed by atoms with E-state index in [0.29, 0.717) is 11.5 Å². The molecule has 6 nitrogen and oxygen atoms in total. The Morgan fingerprint density at radius 3 is 1.85 bits per heavy atom. The molecule has 0 aliphatic carbocycles. The first-order valence-corrected chi connectivity index (χ1v) is 5.48. The number of ether oxygens (including phenoxy) is 1. The molecule has 104 valence electrons. The van der Waals surface area contributed by atoms with Gasteiger partial charge in [-0.25, -0.2) is 9.59 Å². The molecule has 0 saturated heterocycles. The molecule has 2 aromatic rings. The van der Waals surface area contributed by atoms with Crippen molar-refractivity contribution < 1.29 is 29.6 Å². The SMILES string of the molecule is O=C(O)O.O=C(O)c1ccccc1Oc1ccccc1. The van der Waals surface area contributed by atoms with E-state index in [2.05, 4.69) is 0 Å². The fourth-order valence-corrected chi connectivity index (χ4v) is 1.35. The number of carbonyl (C=O) groups is 2. The number of para-hydroxylation sites is 2. The minimum absolute atomic E-state index is 0.159. The summed E-state index contributed by atoms with van der Waals surface area (Å²) in [4.78, 5) is 19.5. The zero-order chi connectivity index (χ0) is 15.0. The van der Waals surface area contributed by atoms with Crippen molar-refractivity contribution in [3.8, 4) is 11.5 Å². The van der Waals surface area contributed by atoms with E-state index in [4.69, 9.17) is 24.9 Å². The van der Waals surface area contributed by atoms with Crippen LogP contribution >= 0.6 is 0 Å². The Morgan fingerprint density at radius 2 is 1.30 bits per heavy atom. The highest BCUT2D eigenvalue weighted by molar-refractivity contribution is 5.90. The van der Waals surface area contributed by atoms with Gasteiger partial charge in [0.15, 0.2) is 0 Å². The fourth-order valence-electron chi connectivity index (χ4n) is 1.35. The van der Waals surface area contributed by atoms with Gasteiger partial charge < -0.3 is 20.1 Å². The molecule has 0 atom stereocenters. The lowest BCUT2D eigenvalue weighted by molar-refractivity contribution is 0.0694. The lowest BCUT2D eigenvalue weighted by atomic mass is 10.2.